The molecule has 0 spiro atoms. The number of fused-ring (bicyclic) bond motifs is 3. The van der Waals surface area contributed by atoms with E-state index in [1.54, 1.807) is 24.3 Å². The third-order valence-electron chi connectivity index (χ3n) is 4.58. The van der Waals surface area contributed by atoms with Gasteiger partial charge in [-0.25, -0.2) is 4.79 Å². The molecule has 3 aromatic carbocycles. The van der Waals surface area contributed by atoms with Crippen molar-refractivity contribution < 1.29 is 14.7 Å². The minimum absolute atomic E-state index is 0.0190. The Morgan fingerprint density at radius 3 is 2.20 bits per heavy atom. The van der Waals surface area contributed by atoms with Crippen LogP contribution in [0.2, 0.25) is 0 Å². The van der Waals surface area contributed by atoms with Crippen LogP contribution in [0.1, 0.15) is 26.3 Å². The van der Waals surface area contributed by atoms with E-state index in [1.165, 1.54) is 6.07 Å². The van der Waals surface area contributed by atoms with Crippen LogP contribution in [0.25, 0.3) is 21.8 Å². The molecule has 0 saturated heterocycles. The van der Waals surface area contributed by atoms with Crippen molar-refractivity contribution in [3.8, 4) is 0 Å². The number of aromatic nitrogens is 1. The normalized spacial score (nSPS) is 11.1. The van der Waals surface area contributed by atoms with E-state index in [1.807, 2.05) is 43.4 Å². The Bertz CT molecular complexity index is 1150. The largest absolute Gasteiger partial charge is 0.478 e. The zero-order valence-electron chi connectivity index (χ0n) is 13.6. The van der Waals surface area contributed by atoms with Crippen molar-refractivity contribution in [2.24, 2.45) is 7.05 Å². The van der Waals surface area contributed by atoms with Gasteiger partial charge in [0.05, 0.1) is 5.56 Å². The number of carbonyl (C=O) groups is 2. The van der Waals surface area contributed by atoms with E-state index in [0.29, 0.717) is 5.56 Å². The number of nitrogens with zero attached hydrogens (tertiary/aromatic N) is 1. The number of benzene rings is 3. The lowest BCUT2D eigenvalue weighted by Crippen LogP contribution is -2.09. The molecule has 0 saturated carbocycles. The number of hydrogen-bond acceptors (Lipinski definition) is 2. The number of aromatic carboxylic acids is 1. The van der Waals surface area contributed by atoms with Gasteiger partial charge in [0.25, 0.3) is 0 Å². The zero-order valence-corrected chi connectivity index (χ0v) is 13.6. The molecule has 0 bridgehead atoms. The van der Waals surface area contributed by atoms with Crippen molar-refractivity contribution >= 4 is 33.6 Å². The Kier molecular flexibility index (Phi) is 3.39. The number of hydrogen-bond donors (Lipinski definition) is 1. The van der Waals surface area contributed by atoms with Gasteiger partial charge >= 0.3 is 5.97 Å². The lowest BCUT2D eigenvalue weighted by molar-refractivity contribution is 0.0693. The van der Waals surface area contributed by atoms with Crippen LogP contribution in [0.4, 0.5) is 0 Å². The first-order valence-electron chi connectivity index (χ1n) is 7.92. The van der Waals surface area contributed by atoms with Gasteiger partial charge in [0.2, 0.25) is 0 Å². The Morgan fingerprint density at radius 1 is 0.800 bits per heavy atom. The van der Waals surface area contributed by atoms with Crippen LogP contribution in [0.3, 0.4) is 0 Å². The first-order valence-corrected chi connectivity index (χ1v) is 7.92. The Morgan fingerprint density at radius 2 is 1.44 bits per heavy atom. The average molecular weight is 329 g/mol. The Labute approximate surface area is 143 Å². The molecule has 122 valence electrons. The maximum atomic E-state index is 12.9. The van der Waals surface area contributed by atoms with Crippen molar-refractivity contribution in [1.29, 1.82) is 0 Å². The quantitative estimate of drug-likeness (QED) is 0.571. The van der Waals surface area contributed by atoms with Gasteiger partial charge in [0.1, 0.15) is 0 Å². The molecule has 0 atom stereocenters. The van der Waals surface area contributed by atoms with Gasteiger partial charge in [-0.1, -0.05) is 36.4 Å². The van der Waals surface area contributed by atoms with E-state index >= 15 is 0 Å². The second kappa shape index (κ2) is 5.60. The van der Waals surface area contributed by atoms with Gasteiger partial charge < -0.3 is 9.67 Å². The molecule has 4 rings (SSSR count). The van der Waals surface area contributed by atoms with Crippen molar-refractivity contribution in [2.45, 2.75) is 0 Å². The van der Waals surface area contributed by atoms with E-state index in [0.717, 1.165) is 21.8 Å². The highest BCUT2D eigenvalue weighted by atomic mass is 16.4. The molecule has 1 heterocycles. The van der Waals surface area contributed by atoms with Crippen LogP contribution in [-0.4, -0.2) is 21.4 Å². The van der Waals surface area contributed by atoms with E-state index in [-0.39, 0.29) is 16.9 Å². The molecular formula is C21H15NO3. The third-order valence-corrected chi connectivity index (χ3v) is 4.58. The molecule has 0 unspecified atom stereocenters. The summed E-state index contributed by atoms with van der Waals surface area (Å²) in [7, 11) is 1.99. The molecule has 4 nitrogen and oxygen atoms in total. The summed E-state index contributed by atoms with van der Waals surface area (Å²) in [6, 6.07) is 19.8. The molecular weight excluding hydrogens is 314 g/mol. The predicted octanol–water partition coefficient (Wildman–Crippen LogP) is 4.26. The van der Waals surface area contributed by atoms with E-state index in [9.17, 15) is 14.7 Å². The SMILES string of the molecule is Cn1c2ccccc2c2cc(C(=O)c3ccccc3C(=O)O)ccc21. The number of rotatable bonds is 3. The molecule has 0 aliphatic carbocycles. The molecule has 0 fully saturated rings. The van der Waals surface area contributed by atoms with Crippen LogP contribution in [0.5, 0.6) is 0 Å². The molecule has 0 radical (unpaired) electrons. The summed E-state index contributed by atoms with van der Waals surface area (Å²) in [4.78, 5) is 24.3. The van der Waals surface area contributed by atoms with Crippen LogP contribution >= 0.6 is 0 Å². The van der Waals surface area contributed by atoms with E-state index in [2.05, 4.69) is 4.57 Å². The monoisotopic (exact) mass is 329 g/mol. The number of carboxylic acids is 1. The summed E-state index contributed by atoms with van der Waals surface area (Å²) in [6.45, 7) is 0. The summed E-state index contributed by atoms with van der Waals surface area (Å²) in [5.41, 5.74) is 2.83. The third kappa shape index (κ3) is 2.31. The highest BCUT2D eigenvalue weighted by Gasteiger charge is 2.18. The fourth-order valence-corrected chi connectivity index (χ4v) is 3.33. The topological polar surface area (TPSA) is 59.3 Å². The molecule has 0 aliphatic heterocycles. The van der Waals surface area contributed by atoms with Gasteiger partial charge in [-0.15, -0.1) is 0 Å². The Balaban J connectivity index is 1.92. The lowest BCUT2D eigenvalue weighted by Gasteiger charge is -2.06. The number of para-hydroxylation sites is 1. The smallest absolute Gasteiger partial charge is 0.336 e. The van der Waals surface area contributed by atoms with Crippen molar-refractivity contribution in [3.05, 3.63) is 83.4 Å². The number of ketones is 1. The maximum absolute atomic E-state index is 12.9. The first kappa shape index (κ1) is 15.1. The lowest BCUT2D eigenvalue weighted by atomic mass is 9.97. The molecule has 4 aromatic rings. The van der Waals surface area contributed by atoms with Crippen LogP contribution in [-0.2, 0) is 7.05 Å². The first-order chi connectivity index (χ1) is 12.1. The van der Waals surface area contributed by atoms with E-state index in [4.69, 9.17) is 0 Å². The van der Waals surface area contributed by atoms with Crippen LogP contribution < -0.4 is 0 Å². The fraction of sp³-hybridized carbons (Fsp3) is 0.0476. The van der Waals surface area contributed by atoms with Crippen molar-refractivity contribution in [1.82, 2.24) is 4.57 Å². The van der Waals surface area contributed by atoms with Crippen LogP contribution in [0, 0.1) is 0 Å². The summed E-state index contributed by atoms with van der Waals surface area (Å²) in [5, 5.41) is 11.4. The predicted molar refractivity (Wildman–Crippen MR) is 97.3 cm³/mol. The zero-order chi connectivity index (χ0) is 17.6. The Hall–Kier alpha value is -3.40. The van der Waals surface area contributed by atoms with Crippen molar-refractivity contribution in [2.75, 3.05) is 0 Å². The molecule has 1 N–H and O–H groups in total. The van der Waals surface area contributed by atoms with E-state index < -0.39 is 5.97 Å². The fourth-order valence-electron chi connectivity index (χ4n) is 3.33. The van der Waals surface area contributed by atoms with Crippen LogP contribution in [0.15, 0.2) is 66.7 Å². The van der Waals surface area contributed by atoms with Gasteiger partial charge in [-0.05, 0) is 30.3 Å². The van der Waals surface area contributed by atoms with Gasteiger partial charge in [-0.2, -0.15) is 0 Å². The number of carbonyl (C=O) groups excluding carboxylic acids is 1. The second-order valence-corrected chi connectivity index (χ2v) is 5.99. The van der Waals surface area contributed by atoms with Gasteiger partial charge in [0.15, 0.2) is 5.78 Å². The molecule has 0 aliphatic rings. The highest BCUT2D eigenvalue weighted by Crippen LogP contribution is 2.29. The maximum Gasteiger partial charge on any atom is 0.336 e. The molecule has 0 amide bonds. The number of carboxylic acid groups (broad SMARTS) is 1. The van der Waals surface area contributed by atoms with Crippen molar-refractivity contribution in [3.63, 3.8) is 0 Å². The van der Waals surface area contributed by atoms with Gasteiger partial charge in [-0.3, -0.25) is 4.79 Å². The standard InChI is InChI=1S/C21H15NO3/c1-22-18-9-5-4-6-14(18)17-12-13(10-11-19(17)22)20(23)15-7-2-3-8-16(15)21(24)25/h2-12H,1H3,(H,24,25). The summed E-state index contributed by atoms with van der Waals surface area (Å²) < 4.78 is 2.09. The minimum atomic E-state index is -1.10. The molecule has 4 heteroatoms. The summed E-state index contributed by atoms with van der Waals surface area (Å²) >= 11 is 0. The highest BCUT2D eigenvalue weighted by molar-refractivity contribution is 6.17. The second-order valence-electron chi connectivity index (χ2n) is 5.99. The summed E-state index contributed by atoms with van der Waals surface area (Å²) in [5.74, 6) is -1.39. The summed E-state index contributed by atoms with van der Waals surface area (Å²) in [6.07, 6.45) is 0. The average Bonchev–Trinajstić information content (AvgIpc) is 2.93. The number of aryl methyl sites for hydroxylation is 1. The molecule has 1 aromatic heterocycles. The molecule has 25 heavy (non-hydrogen) atoms. The van der Waals surface area contributed by atoms with Gasteiger partial charge in [0, 0.05) is 40.0 Å². The minimum Gasteiger partial charge on any atom is -0.478 e.